The van der Waals surface area contributed by atoms with Crippen LogP contribution in [0.1, 0.15) is 19.4 Å². The number of nitrogens with one attached hydrogen (secondary N) is 2. The highest BCUT2D eigenvalue weighted by molar-refractivity contribution is 5.85. The van der Waals surface area contributed by atoms with Gasteiger partial charge in [0.15, 0.2) is 0 Å². The first-order valence-electron chi connectivity index (χ1n) is 8.65. The van der Waals surface area contributed by atoms with Crippen molar-refractivity contribution in [1.82, 2.24) is 15.5 Å². The van der Waals surface area contributed by atoms with Crippen molar-refractivity contribution in [2.45, 2.75) is 50.8 Å². The molecule has 1 saturated heterocycles. The Morgan fingerprint density at radius 2 is 1.92 bits per heavy atom. The topological polar surface area (TPSA) is 94.1 Å². The summed E-state index contributed by atoms with van der Waals surface area (Å²) in [5, 5.41) is 25.5. The van der Waals surface area contributed by atoms with E-state index in [1.807, 2.05) is 56.1 Å². The fraction of sp³-hybridized carbons (Fsp3) is 0.611. The van der Waals surface area contributed by atoms with Crippen LogP contribution in [0.2, 0.25) is 0 Å². The van der Waals surface area contributed by atoms with Crippen molar-refractivity contribution in [3.8, 4) is 0 Å². The predicted octanol–water partition coefficient (Wildman–Crippen LogP) is 0.737. The van der Waals surface area contributed by atoms with Gasteiger partial charge in [0.2, 0.25) is 0 Å². The summed E-state index contributed by atoms with van der Waals surface area (Å²) in [6.07, 6.45) is -1.87. The first kappa shape index (κ1) is 22.7. The van der Waals surface area contributed by atoms with E-state index in [2.05, 4.69) is 10.6 Å². The maximum atomic E-state index is 11.8. The highest BCUT2D eigenvalue weighted by Crippen LogP contribution is 2.26. The normalized spacial score (nSPS) is 25.2. The molecule has 1 fully saturated rings. The number of rotatable bonds is 7. The summed E-state index contributed by atoms with van der Waals surface area (Å²) >= 11 is 0. The van der Waals surface area contributed by atoms with Crippen molar-refractivity contribution >= 4 is 18.4 Å². The molecule has 1 aromatic carbocycles. The van der Waals surface area contributed by atoms with Crippen LogP contribution in [0, 0.1) is 0 Å². The fourth-order valence-corrected chi connectivity index (χ4v) is 3.17. The Hall–Kier alpha value is -1.38. The summed E-state index contributed by atoms with van der Waals surface area (Å²) in [6, 6.07) is 9.38. The number of urea groups is 1. The lowest BCUT2D eigenvalue weighted by molar-refractivity contribution is -0.0206. The lowest BCUT2D eigenvalue weighted by Gasteiger charge is -2.30. The van der Waals surface area contributed by atoms with E-state index in [-0.39, 0.29) is 43.7 Å². The molecule has 0 spiro atoms. The van der Waals surface area contributed by atoms with Gasteiger partial charge in [0.1, 0.15) is 12.2 Å². The molecule has 0 aromatic heterocycles. The molecule has 1 aliphatic heterocycles. The second-order valence-electron chi connectivity index (χ2n) is 6.79. The molecule has 2 amide bonds. The number of hydrogen-bond acceptors (Lipinski definition) is 5. The van der Waals surface area contributed by atoms with E-state index >= 15 is 0 Å². The SMILES string of the molecule is CC(C)NC(=O)NC[C@H]1O[C@@H](CO)[C@@H](O)[C@H]1N(C)Cc1ccccc1.Cl. The lowest BCUT2D eigenvalue weighted by atomic mass is 10.0. The van der Waals surface area contributed by atoms with E-state index in [0.29, 0.717) is 6.54 Å². The Balaban J connectivity index is 0.00000338. The first-order valence-corrected chi connectivity index (χ1v) is 8.65. The van der Waals surface area contributed by atoms with Gasteiger partial charge in [-0.15, -0.1) is 12.4 Å². The number of nitrogens with zero attached hydrogens (tertiary/aromatic N) is 1. The Morgan fingerprint density at radius 1 is 1.27 bits per heavy atom. The number of likely N-dealkylation sites (N-methyl/N-ethyl adjacent to an activating group) is 1. The number of carbonyl (C=O) groups is 1. The molecule has 2 rings (SSSR count). The van der Waals surface area contributed by atoms with Gasteiger partial charge in [0, 0.05) is 19.1 Å². The van der Waals surface area contributed by atoms with E-state index < -0.39 is 18.3 Å². The Labute approximate surface area is 161 Å². The van der Waals surface area contributed by atoms with Crippen molar-refractivity contribution in [3.63, 3.8) is 0 Å². The van der Waals surface area contributed by atoms with Crippen LogP contribution in [0.5, 0.6) is 0 Å². The zero-order valence-corrected chi connectivity index (χ0v) is 16.3. The average molecular weight is 388 g/mol. The molecule has 26 heavy (non-hydrogen) atoms. The number of aliphatic hydroxyl groups is 2. The second kappa shape index (κ2) is 10.7. The van der Waals surface area contributed by atoms with Crippen LogP contribution < -0.4 is 10.6 Å². The van der Waals surface area contributed by atoms with Crippen LogP contribution in [0.15, 0.2) is 30.3 Å². The highest BCUT2D eigenvalue weighted by Gasteiger charge is 2.45. The monoisotopic (exact) mass is 387 g/mol. The molecule has 4 N–H and O–H groups in total. The highest BCUT2D eigenvalue weighted by atomic mass is 35.5. The van der Waals surface area contributed by atoms with Gasteiger partial charge in [-0.2, -0.15) is 0 Å². The molecule has 1 aliphatic rings. The van der Waals surface area contributed by atoms with E-state index in [4.69, 9.17) is 4.74 Å². The van der Waals surface area contributed by atoms with Gasteiger partial charge in [-0.1, -0.05) is 30.3 Å². The van der Waals surface area contributed by atoms with Crippen molar-refractivity contribution < 1.29 is 19.7 Å². The summed E-state index contributed by atoms with van der Waals surface area (Å²) in [5.74, 6) is 0. The largest absolute Gasteiger partial charge is 0.394 e. The molecule has 0 aliphatic carbocycles. The van der Waals surface area contributed by atoms with Gasteiger partial charge >= 0.3 is 6.03 Å². The van der Waals surface area contributed by atoms with Crippen LogP contribution >= 0.6 is 12.4 Å². The minimum Gasteiger partial charge on any atom is -0.394 e. The van der Waals surface area contributed by atoms with Crippen molar-refractivity contribution in [3.05, 3.63) is 35.9 Å². The average Bonchev–Trinajstić information content (AvgIpc) is 2.89. The third-order valence-electron chi connectivity index (χ3n) is 4.31. The molecule has 0 saturated carbocycles. The van der Waals surface area contributed by atoms with Crippen LogP contribution in [-0.4, -0.2) is 71.7 Å². The van der Waals surface area contributed by atoms with E-state index in [9.17, 15) is 15.0 Å². The Kier molecular flexibility index (Phi) is 9.32. The smallest absolute Gasteiger partial charge is 0.315 e. The standard InChI is InChI=1S/C18H29N3O4.ClH/c1-12(2)20-18(24)19-9-14-16(17(23)15(11-22)25-14)21(3)10-13-7-5-4-6-8-13;/h4-8,12,14-17,22-23H,9-11H2,1-3H3,(H2,19,20,24);1H/t14-,15+,16+,17-;/m1./s1. The zero-order valence-electron chi connectivity index (χ0n) is 15.5. The number of benzene rings is 1. The maximum Gasteiger partial charge on any atom is 0.315 e. The summed E-state index contributed by atoms with van der Waals surface area (Å²) in [7, 11) is 1.91. The maximum absolute atomic E-state index is 11.8. The van der Waals surface area contributed by atoms with Crippen LogP contribution in [-0.2, 0) is 11.3 Å². The zero-order chi connectivity index (χ0) is 18.4. The van der Waals surface area contributed by atoms with Gasteiger partial charge in [0.25, 0.3) is 0 Å². The summed E-state index contributed by atoms with van der Waals surface area (Å²) < 4.78 is 5.77. The van der Waals surface area contributed by atoms with Crippen LogP contribution in [0.25, 0.3) is 0 Å². The number of amides is 2. The van der Waals surface area contributed by atoms with E-state index in [1.54, 1.807) is 0 Å². The molecule has 7 nitrogen and oxygen atoms in total. The Morgan fingerprint density at radius 3 is 2.50 bits per heavy atom. The Bertz CT molecular complexity index is 546. The molecule has 1 heterocycles. The number of hydrogen-bond donors (Lipinski definition) is 4. The van der Waals surface area contributed by atoms with Crippen molar-refractivity contribution in [2.24, 2.45) is 0 Å². The van der Waals surface area contributed by atoms with Gasteiger partial charge < -0.3 is 25.6 Å². The minimum atomic E-state index is -0.821. The van der Waals surface area contributed by atoms with Crippen molar-refractivity contribution in [2.75, 3.05) is 20.2 Å². The third-order valence-corrected chi connectivity index (χ3v) is 4.31. The molecule has 0 radical (unpaired) electrons. The van der Waals surface area contributed by atoms with Gasteiger partial charge in [-0.05, 0) is 26.5 Å². The fourth-order valence-electron chi connectivity index (χ4n) is 3.17. The quantitative estimate of drug-likeness (QED) is 0.553. The van der Waals surface area contributed by atoms with Gasteiger partial charge in [-0.3, -0.25) is 4.90 Å². The summed E-state index contributed by atoms with van der Waals surface area (Å²) in [5.41, 5.74) is 1.12. The third kappa shape index (κ3) is 6.10. The molecule has 0 unspecified atom stereocenters. The minimum absolute atomic E-state index is 0. The van der Waals surface area contributed by atoms with E-state index in [0.717, 1.165) is 5.56 Å². The predicted molar refractivity (Wildman–Crippen MR) is 102 cm³/mol. The lowest BCUT2D eigenvalue weighted by Crippen LogP contribution is -2.50. The molecule has 0 bridgehead atoms. The molecule has 148 valence electrons. The first-order chi connectivity index (χ1) is 11.9. The van der Waals surface area contributed by atoms with Crippen molar-refractivity contribution in [1.29, 1.82) is 0 Å². The molecule has 1 aromatic rings. The summed E-state index contributed by atoms with van der Waals surface area (Å²) in [6.45, 7) is 4.40. The molecular weight excluding hydrogens is 358 g/mol. The van der Waals surface area contributed by atoms with Crippen LogP contribution in [0.3, 0.4) is 0 Å². The number of aliphatic hydroxyl groups excluding tert-OH is 2. The van der Waals surface area contributed by atoms with Crippen LogP contribution in [0.4, 0.5) is 4.79 Å². The summed E-state index contributed by atoms with van der Waals surface area (Å²) in [4.78, 5) is 13.8. The van der Waals surface area contributed by atoms with Gasteiger partial charge in [0.05, 0.1) is 18.8 Å². The van der Waals surface area contributed by atoms with Gasteiger partial charge in [-0.25, -0.2) is 4.79 Å². The molecule has 4 atom stereocenters. The number of halogens is 1. The molecular formula is C18H30ClN3O4. The van der Waals surface area contributed by atoms with E-state index in [1.165, 1.54) is 0 Å². The number of ether oxygens (including phenoxy) is 1. The molecule has 8 heteroatoms. The number of carbonyl (C=O) groups excluding carboxylic acids is 1. The second-order valence-corrected chi connectivity index (χ2v) is 6.79.